The largest absolute Gasteiger partial charge is 0.496 e. The Morgan fingerprint density at radius 3 is 2.89 bits per heavy atom. The van der Waals surface area contributed by atoms with Gasteiger partial charge >= 0.3 is 0 Å². The van der Waals surface area contributed by atoms with Gasteiger partial charge in [0.2, 0.25) is 11.8 Å². The molecule has 10 nitrogen and oxygen atoms in total. The number of benzene rings is 1. The third-order valence-electron chi connectivity index (χ3n) is 7.43. The molecule has 0 saturated carbocycles. The number of nitriles is 1. The molecule has 0 radical (unpaired) electrons. The molecule has 10 heteroatoms. The number of carbonyl (C=O) groups is 3. The van der Waals surface area contributed by atoms with E-state index in [1.807, 2.05) is 30.3 Å². The summed E-state index contributed by atoms with van der Waals surface area (Å²) in [6.45, 7) is 0.965. The zero-order valence-electron chi connectivity index (χ0n) is 21.1. The summed E-state index contributed by atoms with van der Waals surface area (Å²) in [4.78, 5) is 48.2. The second kappa shape index (κ2) is 10.9. The van der Waals surface area contributed by atoms with Crippen molar-refractivity contribution in [2.45, 2.75) is 37.8 Å². The average molecular weight is 515 g/mol. The number of nitrogens with zero attached hydrogens (tertiary/aromatic N) is 3. The van der Waals surface area contributed by atoms with Crippen molar-refractivity contribution in [2.75, 3.05) is 20.2 Å². The Bertz CT molecular complexity index is 1380. The predicted molar refractivity (Wildman–Crippen MR) is 139 cm³/mol. The summed E-state index contributed by atoms with van der Waals surface area (Å²) in [5, 5.41) is 16.0. The fraction of sp³-hybridized carbons (Fsp3) is 0.393. The van der Waals surface area contributed by atoms with Gasteiger partial charge in [0.15, 0.2) is 0 Å². The van der Waals surface area contributed by atoms with E-state index in [4.69, 9.17) is 4.74 Å². The van der Waals surface area contributed by atoms with Crippen LogP contribution >= 0.6 is 0 Å². The Hall–Kier alpha value is -4.39. The molecule has 4 atom stereocenters. The average Bonchev–Trinajstić information content (AvgIpc) is 3.66. The first kappa shape index (κ1) is 25.3. The van der Waals surface area contributed by atoms with Gasteiger partial charge in [-0.05, 0) is 61.4 Å². The summed E-state index contributed by atoms with van der Waals surface area (Å²) >= 11 is 0. The monoisotopic (exact) mass is 514 g/mol. The molecular weight excluding hydrogens is 484 g/mol. The van der Waals surface area contributed by atoms with Crippen LogP contribution in [0.1, 0.15) is 35.3 Å². The lowest BCUT2D eigenvalue weighted by Crippen LogP contribution is -2.49. The number of H-pyrrole nitrogens is 1. The van der Waals surface area contributed by atoms with E-state index in [9.17, 15) is 19.6 Å². The number of ether oxygens (including phenoxy) is 1. The molecule has 0 aliphatic carbocycles. The van der Waals surface area contributed by atoms with Crippen molar-refractivity contribution in [1.29, 1.82) is 5.26 Å². The van der Waals surface area contributed by atoms with E-state index < -0.39 is 12.1 Å². The van der Waals surface area contributed by atoms with Gasteiger partial charge in [-0.2, -0.15) is 5.26 Å². The summed E-state index contributed by atoms with van der Waals surface area (Å²) in [5.74, 6) is -0.384. The molecular formula is C28H30N6O4. The number of rotatable bonds is 8. The Morgan fingerprint density at radius 1 is 1.32 bits per heavy atom. The SMILES string of the molecule is COc1cccc2[nH]c(C(=O)N3C[C@H](Cc4cccnc4)C[C@H]3C(=O)N[C@H](C#N)C[C@@H]3CCNC3=O)cc12. The van der Waals surface area contributed by atoms with Gasteiger partial charge in [-0.3, -0.25) is 19.4 Å². The highest BCUT2D eigenvalue weighted by Gasteiger charge is 2.41. The third kappa shape index (κ3) is 5.18. The van der Waals surface area contributed by atoms with Gasteiger partial charge in [0, 0.05) is 42.3 Å². The molecule has 196 valence electrons. The third-order valence-corrected chi connectivity index (χ3v) is 7.43. The highest BCUT2D eigenvalue weighted by molar-refractivity contribution is 6.01. The first-order valence-electron chi connectivity index (χ1n) is 12.8. The number of carbonyl (C=O) groups excluding carboxylic acids is 3. The van der Waals surface area contributed by atoms with Crippen LogP contribution in [-0.4, -0.2) is 64.9 Å². The van der Waals surface area contributed by atoms with Gasteiger partial charge in [-0.15, -0.1) is 0 Å². The highest BCUT2D eigenvalue weighted by atomic mass is 16.5. The molecule has 0 unspecified atom stereocenters. The van der Waals surface area contributed by atoms with Crippen LogP contribution in [0.15, 0.2) is 48.8 Å². The van der Waals surface area contributed by atoms with Crippen molar-refractivity contribution in [2.24, 2.45) is 11.8 Å². The van der Waals surface area contributed by atoms with Gasteiger partial charge in [0.25, 0.3) is 5.91 Å². The first-order chi connectivity index (χ1) is 18.5. The Morgan fingerprint density at radius 2 is 2.18 bits per heavy atom. The fourth-order valence-electron chi connectivity index (χ4n) is 5.54. The molecule has 2 fully saturated rings. The molecule has 2 aliphatic heterocycles. The number of aromatic nitrogens is 2. The van der Waals surface area contributed by atoms with Gasteiger partial charge in [-0.1, -0.05) is 12.1 Å². The number of amides is 3. The van der Waals surface area contributed by atoms with Gasteiger partial charge < -0.3 is 25.3 Å². The van der Waals surface area contributed by atoms with E-state index in [0.717, 1.165) is 16.5 Å². The van der Waals surface area contributed by atoms with Crippen LogP contribution in [0.3, 0.4) is 0 Å². The Kier molecular flexibility index (Phi) is 7.26. The maximum absolute atomic E-state index is 13.7. The second-order valence-electron chi connectivity index (χ2n) is 9.95. The van der Waals surface area contributed by atoms with E-state index >= 15 is 0 Å². The molecule has 2 saturated heterocycles. The van der Waals surface area contributed by atoms with E-state index in [-0.39, 0.29) is 36.0 Å². The quantitative estimate of drug-likeness (QED) is 0.421. The van der Waals surface area contributed by atoms with Gasteiger partial charge in [0.05, 0.1) is 13.2 Å². The maximum Gasteiger partial charge on any atom is 0.270 e. The first-order valence-corrected chi connectivity index (χ1v) is 12.8. The van der Waals surface area contributed by atoms with E-state index in [1.54, 1.807) is 30.5 Å². The summed E-state index contributed by atoms with van der Waals surface area (Å²) < 4.78 is 5.43. The van der Waals surface area contributed by atoms with Crippen molar-refractivity contribution in [1.82, 2.24) is 25.5 Å². The molecule has 0 bridgehead atoms. The molecule has 2 aliphatic rings. The Labute approximate surface area is 220 Å². The van der Waals surface area contributed by atoms with Crippen molar-refractivity contribution < 1.29 is 19.1 Å². The number of methoxy groups -OCH3 is 1. The van der Waals surface area contributed by atoms with Gasteiger partial charge in [0.1, 0.15) is 23.5 Å². The lowest BCUT2D eigenvalue weighted by atomic mass is 9.96. The van der Waals surface area contributed by atoms with Crippen molar-refractivity contribution in [3.63, 3.8) is 0 Å². The smallest absolute Gasteiger partial charge is 0.270 e. The van der Waals surface area contributed by atoms with Crippen molar-refractivity contribution >= 4 is 28.6 Å². The van der Waals surface area contributed by atoms with Crippen molar-refractivity contribution in [3.8, 4) is 11.8 Å². The highest BCUT2D eigenvalue weighted by Crippen LogP contribution is 2.31. The number of hydrogen-bond acceptors (Lipinski definition) is 6. The minimum atomic E-state index is -0.817. The molecule has 4 heterocycles. The summed E-state index contributed by atoms with van der Waals surface area (Å²) in [5.41, 5.74) is 2.16. The lowest BCUT2D eigenvalue weighted by molar-refractivity contribution is -0.126. The summed E-state index contributed by atoms with van der Waals surface area (Å²) in [6.07, 6.45) is 5.51. The number of likely N-dealkylation sites (tertiary alicyclic amines) is 1. The Balaban J connectivity index is 1.37. The minimum Gasteiger partial charge on any atom is -0.496 e. The standard InChI is InChI=1S/C28H30N6O4/c1-38-25-6-2-5-22-21(25)13-23(33-22)28(37)34-16-18(10-17-4-3-8-30-15-17)11-24(34)27(36)32-20(14-29)12-19-7-9-31-26(19)35/h2-6,8,13,15,18-20,24,33H,7,9-12,16H2,1H3,(H,31,35)(H,32,36)/t18-,19+,20+,24+/m1/s1. The van der Waals surface area contributed by atoms with Gasteiger partial charge in [-0.25, -0.2) is 0 Å². The number of hydrogen-bond donors (Lipinski definition) is 3. The fourth-order valence-corrected chi connectivity index (χ4v) is 5.54. The van der Waals surface area contributed by atoms with Crippen molar-refractivity contribution in [3.05, 3.63) is 60.0 Å². The second-order valence-corrected chi connectivity index (χ2v) is 9.95. The molecule has 3 amide bonds. The molecule has 38 heavy (non-hydrogen) atoms. The van der Waals surface area contributed by atoms with Crippen LogP contribution in [-0.2, 0) is 16.0 Å². The van der Waals surface area contributed by atoms with Crippen LogP contribution in [0, 0.1) is 23.2 Å². The normalized spacial score (nSPS) is 21.6. The van der Waals surface area contributed by atoms with Crippen LogP contribution in [0.5, 0.6) is 5.75 Å². The summed E-state index contributed by atoms with van der Waals surface area (Å²) in [6, 6.07) is 11.7. The predicted octanol–water partition coefficient (Wildman–Crippen LogP) is 2.18. The summed E-state index contributed by atoms with van der Waals surface area (Å²) in [7, 11) is 1.58. The number of pyridine rings is 1. The molecule has 0 spiro atoms. The van der Waals surface area contributed by atoms with E-state index in [1.165, 1.54) is 0 Å². The maximum atomic E-state index is 13.7. The minimum absolute atomic E-state index is 0.0407. The zero-order chi connectivity index (χ0) is 26.6. The molecule has 2 aromatic heterocycles. The van der Waals surface area contributed by atoms with Crippen LogP contribution < -0.4 is 15.4 Å². The van der Waals surface area contributed by atoms with Crippen LogP contribution in [0.25, 0.3) is 10.9 Å². The van der Waals surface area contributed by atoms with E-state index in [0.29, 0.717) is 43.8 Å². The number of nitrogens with one attached hydrogen (secondary N) is 3. The van der Waals surface area contributed by atoms with E-state index in [2.05, 4.69) is 26.7 Å². The number of fused-ring (bicyclic) bond motifs is 1. The molecule has 3 aromatic rings. The van der Waals surface area contributed by atoms with Crippen LogP contribution in [0.2, 0.25) is 0 Å². The molecule has 3 N–H and O–H groups in total. The lowest BCUT2D eigenvalue weighted by Gasteiger charge is -2.25. The number of aromatic amines is 1. The zero-order valence-corrected chi connectivity index (χ0v) is 21.1. The topological polar surface area (TPSA) is 140 Å². The molecule has 1 aromatic carbocycles. The van der Waals surface area contributed by atoms with Crippen LogP contribution in [0.4, 0.5) is 0 Å². The molecule has 5 rings (SSSR count).